The maximum atomic E-state index is 13.8. The highest BCUT2D eigenvalue weighted by Crippen LogP contribution is 2.28. The van der Waals surface area contributed by atoms with Crippen LogP contribution in [0.1, 0.15) is 44.2 Å². The van der Waals surface area contributed by atoms with E-state index in [1.165, 1.54) is 16.8 Å². The van der Waals surface area contributed by atoms with Crippen LogP contribution in [-0.4, -0.2) is 24.1 Å². The van der Waals surface area contributed by atoms with Gasteiger partial charge in [-0.2, -0.15) is 10.2 Å². The number of nitrogens with zero attached hydrogens (tertiary/aromatic N) is 6. The van der Waals surface area contributed by atoms with Crippen LogP contribution in [0.25, 0.3) is 22.0 Å². The summed E-state index contributed by atoms with van der Waals surface area (Å²) < 4.78 is 3.10. The largest absolute Gasteiger partial charge is 0.368 e. The number of hydrogen-bond acceptors (Lipinski definition) is 8. The van der Waals surface area contributed by atoms with E-state index in [-0.39, 0.29) is 34.5 Å². The van der Waals surface area contributed by atoms with E-state index in [0.29, 0.717) is 22.3 Å². The summed E-state index contributed by atoms with van der Waals surface area (Å²) >= 11 is 0. The van der Waals surface area contributed by atoms with Crippen LogP contribution in [0.15, 0.2) is 52.3 Å². The van der Waals surface area contributed by atoms with Gasteiger partial charge in [-0.1, -0.05) is 12.1 Å². The lowest BCUT2D eigenvalue weighted by Crippen LogP contribution is -2.30. The Labute approximate surface area is 195 Å². The molecule has 1 atom stereocenters. The Kier molecular flexibility index (Phi) is 5.86. The number of hydrogen-bond donors (Lipinski definition) is 2. The first-order valence-electron chi connectivity index (χ1n) is 10.7. The lowest BCUT2D eigenvalue weighted by molar-refractivity contribution is 0.525. The number of nitrogens with two attached hydrogens (primary N) is 1. The van der Waals surface area contributed by atoms with Crippen molar-refractivity contribution in [3.63, 3.8) is 0 Å². The smallest absolute Gasteiger partial charge is 0.262 e. The second-order valence-corrected chi connectivity index (χ2v) is 8.27. The molecule has 0 radical (unpaired) electrons. The molecule has 3 heterocycles. The van der Waals surface area contributed by atoms with Crippen molar-refractivity contribution < 1.29 is 0 Å². The fraction of sp³-hybridized carbons (Fsp3) is 0.250. The van der Waals surface area contributed by atoms with Gasteiger partial charge in [0.25, 0.3) is 5.56 Å². The van der Waals surface area contributed by atoms with Crippen molar-refractivity contribution in [3.05, 3.63) is 74.8 Å². The number of benzene rings is 1. The van der Waals surface area contributed by atoms with E-state index >= 15 is 0 Å². The average molecular weight is 457 g/mol. The van der Waals surface area contributed by atoms with Crippen molar-refractivity contribution >= 4 is 22.7 Å². The third kappa shape index (κ3) is 3.99. The molecule has 1 aromatic carbocycles. The van der Waals surface area contributed by atoms with Crippen LogP contribution in [0.4, 0.5) is 11.8 Å². The maximum Gasteiger partial charge on any atom is 0.262 e. The first kappa shape index (κ1) is 22.7. The summed E-state index contributed by atoms with van der Waals surface area (Å²) in [6.45, 7) is 5.65. The molecule has 0 aliphatic heterocycles. The van der Waals surface area contributed by atoms with Crippen molar-refractivity contribution in [2.24, 2.45) is 7.05 Å². The Hall–Kier alpha value is -4.52. The first-order valence-corrected chi connectivity index (χ1v) is 10.7. The fourth-order valence-corrected chi connectivity index (χ4v) is 3.92. The summed E-state index contributed by atoms with van der Waals surface area (Å²) in [5.41, 5.74) is 7.57. The minimum atomic E-state index is -0.470. The van der Waals surface area contributed by atoms with E-state index in [9.17, 15) is 14.9 Å². The molecule has 0 saturated heterocycles. The van der Waals surface area contributed by atoms with E-state index in [0.717, 1.165) is 5.56 Å². The normalized spacial score (nSPS) is 12.0. The lowest BCUT2D eigenvalue weighted by atomic mass is 10.0. The van der Waals surface area contributed by atoms with Crippen LogP contribution in [0.2, 0.25) is 0 Å². The summed E-state index contributed by atoms with van der Waals surface area (Å²) in [5.74, 6) is 0.792. The van der Waals surface area contributed by atoms with Gasteiger partial charge in [-0.3, -0.25) is 14.2 Å². The number of nitrogen functional groups attached to an aromatic ring is 1. The zero-order valence-corrected chi connectivity index (χ0v) is 19.3. The van der Waals surface area contributed by atoms with Gasteiger partial charge in [-0.25, -0.2) is 9.97 Å². The molecule has 0 unspecified atom stereocenters. The van der Waals surface area contributed by atoms with Gasteiger partial charge in [0.05, 0.1) is 23.1 Å². The average Bonchev–Trinajstić information content (AvgIpc) is 2.80. The van der Waals surface area contributed by atoms with E-state index in [2.05, 4.69) is 15.3 Å². The van der Waals surface area contributed by atoms with Crippen molar-refractivity contribution in [2.45, 2.75) is 32.9 Å². The molecule has 10 heteroatoms. The minimum Gasteiger partial charge on any atom is -0.368 e. The highest BCUT2D eigenvalue weighted by atomic mass is 16.1. The van der Waals surface area contributed by atoms with E-state index in [4.69, 9.17) is 10.7 Å². The van der Waals surface area contributed by atoms with Crippen LogP contribution in [0.3, 0.4) is 0 Å². The molecule has 10 nitrogen and oxygen atoms in total. The van der Waals surface area contributed by atoms with E-state index < -0.39 is 6.04 Å². The van der Waals surface area contributed by atoms with Crippen LogP contribution in [0.5, 0.6) is 0 Å². The van der Waals surface area contributed by atoms with Crippen LogP contribution in [0, 0.1) is 11.3 Å². The predicted molar refractivity (Wildman–Crippen MR) is 130 cm³/mol. The monoisotopic (exact) mass is 456 g/mol. The van der Waals surface area contributed by atoms with Gasteiger partial charge in [-0.15, -0.1) is 0 Å². The van der Waals surface area contributed by atoms with Gasteiger partial charge in [-0.05, 0) is 44.0 Å². The Morgan fingerprint density at radius 3 is 2.56 bits per heavy atom. The molecule has 0 aliphatic rings. The highest BCUT2D eigenvalue weighted by molar-refractivity contribution is 5.93. The quantitative estimate of drug-likeness (QED) is 0.466. The van der Waals surface area contributed by atoms with Crippen molar-refractivity contribution in [2.75, 3.05) is 11.1 Å². The number of aromatic nitrogens is 5. The maximum absolute atomic E-state index is 13.8. The number of nitriles is 1. The molecule has 0 bridgehead atoms. The van der Waals surface area contributed by atoms with Gasteiger partial charge >= 0.3 is 0 Å². The van der Waals surface area contributed by atoms with E-state index in [1.807, 2.05) is 39.0 Å². The Morgan fingerprint density at radius 2 is 1.88 bits per heavy atom. The van der Waals surface area contributed by atoms with Crippen molar-refractivity contribution in [1.29, 1.82) is 5.26 Å². The fourth-order valence-electron chi connectivity index (χ4n) is 3.92. The molecule has 3 aromatic heterocycles. The summed E-state index contributed by atoms with van der Waals surface area (Å²) in [4.78, 5) is 38.5. The number of nitrogens with one attached hydrogen (secondary N) is 1. The molecule has 3 N–H and O–H groups in total. The third-order valence-corrected chi connectivity index (χ3v) is 5.54. The number of pyridine rings is 1. The molecule has 0 spiro atoms. The number of fused-ring (bicyclic) bond motifs is 1. The number of aryl methyl sites for hydroxylation is 1. The molecule has 0 fully saturated rings. The predicted octanol–water partition coefficient (Wildman–Crippen LogP) is 2.76. The van der Waals surface area contributed by atoms with Gasteiger partial charge in [0.2, 0.25) is 11.5 Å². The molecule has 0 amide bonds. The van der Waals surface area contributed by atoms with Crippen LogP contribution < -0.4 is 22.2 Å². The molecule has 0 saturated carbocycles. The molecule has 0 aliphatic carbocycles. The van der Waals surface area contributed by atoms with E-state index in [1.54, 1.807) is 29.9 Å². The SMILES string of the molecule is CC(C)n1c([C@H](C)Nc2nc(N)ncc2C#N)nc2cccc(-c3ccc(=O)n(C)c3)c2c1=O. The van der Waals surface area contributed by atoms with Gasteiger partial charge in [0.1, 0.15) is 23.3 Å². The van der Waals surface area contributed by atoms with Crippen molar-refractivity contribution in [1.82, 2.24) is 24.1 Å². The Balaban J connectivity index is 1.91. The third-order valence-electron chi connectivity index (χ3n) is 5.54. The molecule has 172 valence electrons. The minimum absolute atomic E-state index is 0.0309. The Morgan fingerprint density at radius 1 is 1.12 bits per heavy atom. The molecular weight excluding hydrogens is 432 g/mol. The molecule has 4 rings (SSSR count). The van der Waals surface area contributed by atoms with Crippen LogP contribution >= 0.6 is 0 Å². The van der Waals surface area contributed by atoms with Gasteiger partial charge < -0.3 is 15.6 Å². The molecular formula is C24H24N8O2. The summed E-state index contributed by atoms with van der Waals surface area (Å²) in [5, 5.41) is 13.0. The summed E-state index contributed by atoms with van der Waals surface area (Å²) in [7, 11) is 1.67. The highest BCUT2D eigenvalue weighted by Gasteiger charge is 2.22. The standard InChI is InChI=1S/C24H24N8O2/c1-13(2)32-22(14(3)28-21-16(10-25)11-27-24(26)30-21)29-18-7-5-6-17(20(18)23(32)34)15-8-9-19(33)31(4)12-15/h5-9,11-14H,1-4H3,(H3,26,27,28,30)/t14-/m0/s1. The number of rotatable bonds is 5. The topological polar surface area (TPSA) is 145 Å². The number of anilines is 2. The molecule has 4 aromatic rings. The Bertz CT molecular complexity index is 1560. The van der Waals surface area contributed by atoms with Gasteiger partial charge in [0.15, 0.2) is 0 Å². The second kappa shape index (κ2) is 8.78. The summed E-state index contributed by atoms with van der Waals surface area (Å²) in [6.07, 6.45) is 3.05. The second-order valence-electron chi connectivity index (χ2n) is 8.27. The van der Waals surface area contributed by atoms with Crippen molar-refractivity contribution in [3.8, 4) is 17.2 Å². The van der Waals surface area contributed by atoms with Crippen LogP contribution in [-0.2, 0) is 7.05 Å². The van der Waals surface area contributed by atoms with Gasteiger partial charge in [0, 0.05) is 25.4 Å². The first-order chi connectivity index (χ1) is 16.2. The molecule has 34 heavy (non-hydrogen) atoms. The zero-order valence-electron chi connectivity index (χ0n) is 19.3. The lowest BCUT2D eigenvalue weighted by Gasteiger charge is -2.23. The summed E-state index contributed by atoms with van der Waals surface area (Å²) in [6, 6.07) is 10.0. The zero-order chi connectivity index (χ0) is 24.6.